The zero-order valence-corrected chi connectivity index (χ0v) is 16.5. The lowest BCUT2D eigenvalue weighted by molar-refractivity contribution is 0.231. The summed E-state index contributed by atoms with van der Waals surface area (Å²) < 4.78 is 13.5. The van der Waals surface area contributed by atoms with Gasteiger partial charge in [0.2, 0.25) is 0 Å². The van der Waals surface area contributed by atoms with E-state index in [1.165, 1.54) is 17.8 Å². The third-order valence-corrected chi connectivity index (χ3v) is 5.71. The minimum atomic E-state index is -0.242. The first-order valence-corrected chi connectivity index (χ1v) is 10.1. The lowest BCUT2D eigenvalue weighted by Gasteiger charge is -2.38. The van der Waals surface area contributed by atoms with Crippen LogP contribution in [-0.2, 0) is 0 Å². The van der Waals surface area contributed by atoms with Crippen molar-refractivity contribution in [1.29, 1.82) is 0 Å². The Bertz CT molecular complexity index is 878. The highest BCUT2D eigenvalue weighted by Gasteiger charge is 2.27. The number of benzene rings is 2. The lowest BCUT2D eigenvalue weighted by Crippen LogP contribution is -2.48. The molecular weight excluding hydrogens is 363 g/mol. The summed E-state index contributed by atoms with van der Waals surface area (Å²) in [5, 5.41) is 0. The number of pyridine rings is 1. The first kappa shape index (κ1) is 19.6. The molecule has 0 aliphatic carbocycles. The van der Waals surface area contributed by atoms with Gasteiger partial charge in [0.25, 0.3) is 0 Å². The summed E-state index contributed by atoms with van der Waals surface area (Å²) in [6.45, 7) is 4.74. The predicted octanol–water partition coefficient (Wildman–Crippen LogP) is 3.83. The highest BCUT2D eigenvalue weighted by Crippen LogP contribution is 2.30. The van der Waals surface area contributed by atoms with Gasteiger partial charge in [0.05, 0.1) is 11.7 Å². The second kappa shape index (κ2) is 9.16. The van der Waals surface area contributed by atoms with E-state index in [2.05, 4.69) is 39.0 Å². The molecule has 2 aromatic carbocycles. The third-order valence-electron chi connectivity index (χ3n) is 5.71. The number of hydrogen-bond acceptors (Lipinski definition) is 4. The standard InChI is InChI=1S/C24H27FN4/c25-20-11-9-19(10-12-20)22(24(26)23-8-4-5-13-27-23)18-28-14-16-29(17-15-28)21-6-2-1-3-7-21/h1-13,22,24H,14-18,26H2. The number of anilines is 1. The maximum atomic E-state index is 13.5. The van der Waals surface area contributed by atoms with Crippen molar-refractivity contribution in [3.63, 3.8) is 0 Å². The molecule has 0 bridgehead atoms. The summed E-state index contributed by atoms with van der Waals surface area (Å²) in [5.41, 5.74) is 9.84. The Balaban J connectivity index is 1.48. The molecule has 4 nitrogen and oxygen atoms in total. The van der Waals surface area contributed by atoms with Gasteiger partial charge in [-0.3, -0.25) is 9.88 Å². The SMILES string of the molecule is NC(c1ccccn1)C(CN1CCN(c2ccccc2)CC1)c1ccc(F)cc1. The average Bonchev–Trinajstić information content (AvgIpc) is 2.79. The fourth-order valence-electron chi connectivity index (χ4n) is 4.02. The van der Waals surface area contributed by atoms with Gasteiger partial charge >= 0.3 is 0 Å². The van der Waals surface area contributed by atoms with Crippen LogP contribution in [0.4, 0.5) is 10.1 Å². The van der Waals surface area contributed by atoms with Crippen LogP contribution in [0.5, 0.6) is 0 Å². The molecule has 1 aliphatic rings. The average molecular weight is 391 g/mol. The summed E-state index contributed by atoms with van der Waals surface area (Å²) in [4.78, 5) is 9.33. The van der Waals surface area contributed by atoms with Crippen molar-refractivity contribution in [2.75, 3.05) is 37.6 Å². The van der Waals surface area contributed by atoms with Gasteiger partial charge < -0.3 is 10.6 Å². The van der Waals surface area contributed by atoms with E-state index >= 15 is 0 Å². The monoisotopic (exact) mass is 390 g/mol. The normalized spacial score (nSPS) is 17.1. The zero-order valence-electron chi connectivity index (χ0n) is 16.5. The van der Waals surface area contributed by atoms with Crippen LogP contribution < -0.4 is 10.6 Å². The quantitative estimate of drug-likeness (QED) is 0.695. The van der Waals surface area contributed by atoms with Crippen LogP contribution in [0.15, 0.2) is 79.0 Å². The number of nitrogens with two attached hydrogens (primary N) is 1. The molecule has 1 aromatic heterocycles. The van der Waals surface area contributed by atoms with Gasteiger partial charge in [-0.15, -0.1) is 0 Å². The molecule has 0 spiro atoms. The fourth-order valence-corrected chi connectivity index (χ4v) is 4.02. The summed E-state index contributed by atoms with van der Waals surface area (Å²) in [5.74, 6) is -0.177. The van der Waals surface area contributed by atoms with E-state index in [0.29, 0.717) is 0 Å². The molecule has 1 fully saturated rings. The number of nitrogens with zero attached hydrogens (tertiary/aromatic N) is 3. The van der Waals surface area contributed by atoms with Gasteiger partial charge in [0.15, 0.2) is 0 Å². The van der Waals surface area contributed by atoms with Crippen LogP contribution in [0, 0.1) is 5.82 Å². The number of para-hydroxylation sites is 1. The first-order valence-electron chi connectivity index (χ1n) is 10.1. The van der Waals surface area contributed by atoms with Crippen LogP contribution in [-0.4, -0.2) is 42.6 Å². The molecule has 4 rings (SSSR count). The van der Waals surface area contributed by atoms with Crippen molar-refractivity contribution < 1.29 is 4.39 Å². The summed E-state index contributed by atoms with van der Waals surface area (Å²) >= 11 is 0. The number of hydrogen-bond donors (Lipinski definition) is 1. The number of rotatable bonds is 6. The van der Waals surface area contributed by atoms with E-state index in [1.807, 2.05) is 36.4 Å². The van der Waals surface area contributed by atoms with Gasteiger partial charge in [-0.2, -0.15) is 0 Å². The molecule has 0 radical (unpaired) electrons. The smallest absolute Gasteiger partial charge is 0.123 e. The number of aromatic nitrogens is 1. The van der Waals surface area contributed by atoms with Gasteiger partial charge in [0.1, 0.15) is 5.82 Å². The largest absolute Gasteiger partial charge is 0.369 e. The second-order valence-electron chi connectivity index (χ2n) is 7.56. The summed E-state index contributed by atoms with van der Waals surface area (Å²) in [7, 11) is 0. The molecule has 1 aliphatic heterocycles. The van der Waals surface area contributed by atoms with Crippen LogP contribution >= 0.6 is 0 Å². The van der Waals surface area contributed by atoms with Crippen LogP contribution in [0.1, 0.15) is 23.2 Å². The number of halogens is 1. The fraction of sp³-hybridized carbons (Fsp3) is 0.292. The Morgan fingerprint density at radius 3 is 2.21 bits per heavy atom. The van der Waals surface area contributed by atoms with Crippen LogP contribution in [0.25, 0.3) is 0 Å². The van der Waals surface area contributed by atoms with Gasteiger partial charge in [-0.1, -0.05) is 36.4 Å². The van der Waals surface area contributed by atoms with E-state index in [-0.39, 0.29) is 17.8 Å². The Labute approximate surface area is 171 Å². The summed E-state index contributed by atoms with van der Waals surface area (Å²) in [6.07, 6.45) is 1.77. The molecule has 150 valence electrons. The predicted molar refractivity (Wildman–Crippen MR) is 115 cm³/mol. The third kappa shape index (κ3) is 4.81. The van der Waals surface area contributed by atoms with Gasteiger partial charge in [0, 0.05) is 50.5 Å². The molecule has 5 heteroatoms. The lowest BCUT2D eigenvalue weighted by atomic mass is 9.89. The highest BCUT2D eigenvalue weighted by atomic mass is 19.1. The molecular formula is C24H27FN4. The Kier molecular flexibility index (Phi) is 6.17. The summed E-state index contributed by atoms with van der Waals surface area (Å²) in [6, 6.07) is 22.8. The molecule has 2 unspecified atom stereocenters. The van der Waals surface area contributed by atoms with Crippen LogP contribution in [0.2, 0.25) is 0 Å². The minimum absolute atomic E-state index is 0.0498. The highest BCUT2D eigenvalue weighted by molar-refractivity contribution is 5.46. The van der Waals surface area contributed by atoms with E-state index in [1.54, 1.807) is 6.20 Å². The molecule has 2 N–H and O–H groups in total. The van der Waals surface area contributed by atoms with Crippen molar-refractivity contribution in [2.45, 2.75) is 12.0 Å². The molecule has 1 saturated heterocycles. The molecule has 2 heterocycles. The van der Waals surface area contributed by atoms with E-state index in [4.69, 9.17) is 5.73 Å². The van der Waals surface area contributed by atoms with E-state index in [0.717, 1.165) is 44.0 Å². The maximum Gasteiger partial charge on any atom is 0.123 e. The molecule has 3 aromatic rings. The van der Waals surface area contributed by atoms with Crippen molar-refractivity contribution in [1.82, 2.24) is 9.88 Å². The Morgan fingerprint density at radius 1 is 0.862 bits per heavy atom. The van der Waals surface area contributed by atoms with Gasteiger partial charge in [-0.05, 0) is 42.0 Å². The van der Waals surface area contributed by atoms with Crippen molar-refractivity contribution >= 4 is 5.69 Å². The van der Waals surface area contributed by atoms with E-state index < -0.39 is 0 Å². The van der Waals surface area contributed by atoms with Crippen molar-refractivity contribution in [3.05, 3.63) is 96.1 Å². The maximum absolute atomic E-state index is 13.5. The zero-order chi connectivity index (χ0) is 20.1. The van der Waals surface area contributed by atoms with Crippen LogP contribution in [0.3, 0.4) is 0 Å². The number of piperazine rings is 1. The second-order valence-corrected chi connectivity index (χ2v) is 7.56. The van der Waals surface area contributed by atoms with Crippen molar-refractivity contribution in [3.8, 4) is 0 Å². The minimum Gasteiger partial charge on any atom is -0.369 e. The van der Waals surface area contributed by atoms with Crippen molar-refractivity contribution in [2.24, 2.45) is 5.73 Å². The molecule has 29 heavy (non-hydrogen) atoms. The Morgan fingerprint density at radius 2 is 1.55 bits per heavy atom. The molecule has 0 amide bonds. The Hall–Kier alpha value is -2.76. The molecule has 2 atom stereocenters. The van der Waals surface area contributed by atoms with Gasteiger partial charge in [-0.25, -0.2) is 4.39 Å². The van der Waals surface area contributed by atoms with E-state index in [9.17, 15) is 4.39 Å². The topological polar surface area (TPSA) is 45.4 Å². The molecule has 0 saturated carbocycles. The first-order chi connectivity index (χ1) is 14.2.